The lowest BCUT2D eigenvalue weighted by atomic mass is 9.81. The van der Waals surface area contributed by atoms with E-state index in [0.717, 1.165) is 37.9 Å². The molecule has 1 aromatic heterocycles. The summed E-state index contributed by atoms with van der Waals surface area (Å²) in [6.45, 7) is 3.08. The Kier molecular flexibility index (Phi) is 2.46. The van der Waals surface area contributed by atoms with Crippen LogP contribution in [0.15, 0.2) is 33.7 Å². The third kappa shape index (κ3) is 1.74. The number of halogens is 1. The third-order valence-corrected chi connectivity index (χ3v) is 5.01. The molecule has 22 heavy (non-hydrogen) atoms. The molecule has 0 aliphatic carbocycles. The second-order valence-electron chi connectivity index (χ2n) is 6.35. The summed E-state index contributed by atoms with van der Waals surface area (Å²) in [5, 5.41) is 0.731. The maximum Gasteiger partial charge on any atom is 0.203 e. The highest BCUT2D eigenvalue weighted by Crippen LogP contribution is 2.41. The molecule has 1 spiro atoms. The average molecular weight is 301 g/mol. The molecule has 0 amide bonds. The molecule has 1 unspecified atom stereocenters. The van der Waals surface area contributed by atoms with Crippen molar-refractivity contribution in [2.75, 3.05) is 19.6 Å². The molecule has 2 bridgehead atoms. The van der Waals surface area contributed by atoms with Gasteiger partial charge in [0.2, 0.25) is 5.72 Å². The summed E-state index contributed by atoms with van der Waals surface area (Å²) in [4.78, 5) is 13.1. The highest BCUT2D eigenvalue weighted by Gasteiger charge is 2.51. The number of aliphatic imine (C=N–C) groups is 1. The lowest BCUT2D eigenvalue weighted by molar-refractivity contribution is -0.155. The van der Waals surface area contributed by atoms with Gasteiger partial charge in [0.15, 0.2) is 11.6 Å². The van der Waals surface area contributed by atoms with Crippen LogP contribution in [0.4, 0.5) is 4.39 Å². The predicted octanol–water partition coefficient (Wildman–Crippen LogP) is 2.28. The standard InChI is InChI=1S/C16H16FN3O2/c17-12-1-2-13-10(7-12)8-14(21-13)15-18-16(22-19-15)9-20-5-3-11(16)4-6-20/h1-2,7-8,11H,3-6,9H2,(H,18,19). The van der Waals surface area contributed by atoms with Gasteiger partial charge in [-0.3, -0.25) is 4.90 Å². The third-order valence-electron chi connectivity index (χ3n) is 5.01. The van der Waals surface area contributed by atoms with Crippen molar-refractivity contribution in [3.63, 3.8) is 0 Å². The monoisotopic (exact) mass is 301 g/mol. The Bertz CT molecular complexity index is 779. The number of hydrogen-bond donors (Lipinski definition) is 1. The number of nitrogens with zero attached hydrogens (tertiary/aromatic N) is 2. The van der Waals surface area contributed by atoms with Crippen LogP contribution in [0.1, 0.15) is 18.6 Å². The summed E-state index contributed by atoms with van der Waals surface area (Å²) < 4.78 is 19.1. The van der Waals surface area contributed by atoms with E-state index in [1.807, 2.05) is 0 Å². The first-order valence-electron chi connectivity index (χ1n) is 7.68. The van der Waals surface area contributed by atoms with Crippen LogP contribution in [0.2, 0.25) is 0 Å². The topological polar surface area (TPSA) is 50.0 Å². The molecular weight excluding hydrogens is 285 g/mol. The van der Waals surface area contributed by atoms with Crippen molar-refractivity contribution in [2.24, 2.45) is 10.9 Å². The van der Waals surface area contributed by atoms with E-state index in [1.165, 1.54) is 12.1 Å². The van der Waals surface area contributed by atoms with Gasteiger partial charge in [0.25, 0.3) is 0 Å². The van der Waals surface area contributed by atoms with Gasteiger partial charge in [-0.05, 0) is 50.2 Å². The Morgan fingerprint density at radius 2 is 2.14 bits per heavy atom. The van der Waals surface area contributed by atoms with E-state index in [-0.39, 0.29) is 5.82 Å². The molecule has 0 saturated carbocycles. The molecule has 1 atom stereocenters. The number of hydrogen-bond acceptors (Lipinski definition) is 5. The second-order valence-corrected chi connectivity index (χ2v) is 6.35. The Morgan fingerprint density at radius 1 is 1.27 bits per heavy atom. The quantitative estimate of drug-likeness (QED) is 0.878. The van der Waals surface area contributed by atoms with Crippen molar-refractivity contribution in [3.8, 4) is 0 Å². The first-order chi connectivity index (χ1) is 10.7. The van der Waals surface area contributed by atoms with Gasteiger partial charge < -0.3 is 4.42 Å². The van der Waals surface area contributed by atoms with Gasteiger partial charge in [-0.15, -0.1) is 0 Å². The number of furan rings is 1. The van der Waals surface area contributed by atoms with Crippen LogP contribution < -0.4 is 5.48 Å². The summed E-state index contributed by atoms with van der Waals surface area (Å²) in [7, 11) is 0. The molecule has 2 aromatic rings. The summed E-state index contributed by atoms with van der Waals surface area (Å²) in [5.41, 5.74) is 3.09. The van der Waals surface area contributed by atoms with E-state index in [1.54, 1.807) is 12.1 Å². The van der Waals surface area contributed by atoms with Crippen LogP contribution >= 0.6 is 0 Å². The van der Waals surface area contributed by atoms with Gasteiger partial charge in [0, 0.05) is 11.3 Å². The van der Waals surface area contributed by atoms with E-state index in [9.17, 15) is 4.39 Å². The molecule has 0 radical (unpaired) electrons. The molecule has 114 valence electrons. The SMILES string of the molecule is Fc1ccc2oc(C3=NC4(CN5CCC4CC5)ON3)cc2c1. The number of piperidine rings is 3. The van der Waals surface area contributed by atoms with Gasteiger partial charge in [-0.2, -0.15) is 0 Å². The van der Waals surface area contributed by atoms with E-state index in [0.29, 0.717) is 23.1 Å². The van der Waals surface area contributed by atoms with Crippen LogP contribution in [0, 0.1) is 11.7 Å². The Hall–Kier alpha value is -1.92. The zero-order valence-corrected chi connectivity index (χ0v) is 12.0. The van der Waals surface area contributed by atoms with Crippen LogP contribution in [0.5, 0.6) is 0 Å². The van der Waals surface area contributed by atoms with Crippen molar-refractivity contribution in [1.29, 1.82) is 0 Å². The van der Waals surface area contributed by atoms with Gasteiger partial charge in [-0.1, -0.05) is 0 Å². The lowest BCUT2D eigenvalue weighted by Crippen LogP contribution is -2.58. The maximum atomic E-state index is 13.3. The number of nitrogens with one attached hydrogen (secondary N) is 1. The minimum atomic E-state index is -0.490. The van der Waals surface area contributed by atoms with Crippen LogP contribution in [-0.2, 0) is 4.84 Å². The first kappa shape index (κ1) is 12.6. The fourth-order valence-corrected chi connectivity index (χ4v) is 3.84. The highest BCUT2D eigenvalue weighted by atomic mass is 19.1. The van der Waals surface area contributed by atoms with Crippen molar-refractivity contribution in [2.45, 2.75) is 18.6 Å². The summed E-state index contributed by atoms with van der Waals surface area (Å²) in [6.07, 6.45) is 2.23. The fourth-order valence-electron chi connectivity index (χ4n) is 3.84. The molecule has 5 heterocycles. The molecule has 5 nitrogen and oxygen atoms in total. The molecule has 3 saturated heterocycles. The summed E-state index contributed by atoms with van der Waals surface area (Å²) in [6, 6.07) is 6.29. The van der Waals surface area contributed by atoms with Crippen molar-refractivity contribution in [3.05, 3.63) is 35.8 Å². The number of fused-ring (bicyclic) bond motifs is 3. The normalized spacial score (nSPS) is 33.4. The number of rotatable bonds is 1. The van der Waals surface area contributed by atoms with Crippen molar-refractivity contribution >= 4 is 16.8 Å². The highest BCUT2D eigenvalue weighted by molar-refractivity contribution is 6.00. The van der Waals surface area contributed by atoms with Crippen LogP contribution in [-0.4, -0.2) is 36.1 Å². The molecule has 6 heteroatoms. The molecule has 4 aliphatic rings. The van der Waals surface area contributed by atoms with E-state index in [4.69, 9.17) is 14.2 Å². The molecular formula is C16H16FN3O2. The van der Waals surface area contributed by atoms with Gasteiger partial charge in [-0.25, -0.2) is 19.7 Å². The van der Waals surface area contributed by atoms with Gasteiger partial charge in [0.1, 0.15) is 11.4 Å². The van der Waals surface area contributed by atoms with Crippen LogP contribution in [0.25, 0.3) is 11.0 Å². The van der Waals surface area contributed by atoms with Crippen molar-refractivity contribution < 1.29 is 13.6 Å². The zero-order valence-electron chi connectivity index (χ0n) is 12.0. The van der Waals surface area contributed by atoms with Crippen LogP contribution in [0.3, 0.4) is 0 Å². The maximum absolute atomic E-state index is 13.3. The Morgan fingerprint density at radius 3 is 2.91 bits per heavy atom. The minimum absolute atomic E-state index is 0.272. The fraction of sp³-hybridized carbons (Fsp3) is 0.438. The minimum Gasteiger partial charge on any atom is -0.453 e. The van der Waals surface area contributed by atoms with E-state index >= 15 is 0 Å². The molecule has 6 rings (SSSR count). The number of hydroxylamine groups is 1. The molecule has 1 aromatic carbocycles. The van der Waals surface area contributed by atoms with Gasteiger partial charge in [0.05, 0.1) is 6.54 Å². The van der Waals surface area contributed by atoms with E-state index in [2.05, 4.69) is 10.4 Å². The molecule has 4 aliphatic heterocycles. The molecule has 3 fully saturated rings. The number of amidine groups is 1. The van der Waals surface area contributed by atoms with Gasteiger partial charge >= 0.3 is 0 Å². The smallest absolute Gasteiger partial charge is 0.203 e. The number of benzene rings is 1. The summed E-state index contributed by atoms with van der Waals surface area (Å²) >= 11 is 0. The second kappa shape index (κ2) is 4.30. The van der Waals surface area contributed by atoms with E-state index < -0.39 is 5.72 Å². The Labute approximate surface area is 126 Å². The lowest BCUT2D eigenvalue weighted by Gasteiger charge is -2.47. The molecule has 1 N–H and O–H groups in total. The summed E-state index contributed by atoms with van der Waals surface area (Å²) in [5.74, 6) is 1.37. The largest absolute Gasteiger partial charge is 0.453 e. The average Bonchev–Trinajstić information content (AvgIpc) is 3.12. The van der Waals surface area contributed by atoms with Crippen molar-refractivity contribution in [1.82, 2.24) is 10.4 Å². The first-order valence-corrected chi connectivity index (χ1v) is 7.68. The zero-order chi connectivity index (χ0) is 14.7. The Balaban J connectivity index is 1.53. The predicted molar refractivity (Wildman–Crippen MR) is 78.8 cm³/mol.